The van der Waals surface area contributed by atoms with Gasteiger partial charge in [0.2, 0.25) is 11.4 Å². The molecule has 12 atom stereocenters. The van der Waals surface area contributed by atoms with Crippen LogP contribution in [-0.4, -0.2) is 118 Å². The van der Waals surface area contributed by atoms with Crippen molar-refractivity contribution in [3.8, 4) is 0 Å². The second kappa shape index (κ2) is 16.2. The first-order valence-corrected chi connectivity index (χ1v) is 20.7. The number of hydrogen-bond donors (Lipinski definition) is 3. The molecule has 4 fully saturated rings. The first kappa shape index (κ1) is 46.4. The summed E-state index contributed by atoms with van der Waals surface area (Å²) in [5.74, 6) is -8.61. The topological polar surface area (TPSA) is 246 Å². The number of ether oxygens (including phenoxy) is 8. The average Bonchev–Trinajstić information content (AvgIpc) is 3.52. The van der Waals surface area contributed by atoms with Crippen LogP contribution in [0.15, 0.2) is 41.7 Å². The zero-order valence-corrected chi connectivity index (χ0v) is 36.8. The van der Waals surface area contributed by atoms with E-state index in [1.165, 1.54) is 26.0 Å². The number of amides is 1. The van der Waals surface area contributed by atoms with Crippen molar-refractivity contribution in [2.75, 3.05) is 6.61 Å². The van der Waals surface area contributed by atoms with E-state index in [0.29, 0.717) is 0 Å². The largest absolute Gasteiger partial charge is 0.509 e. The Labute approximate surface area is 359 Å². The Morgan fingerprint density at radius 1 is 0.984 bits per heavy atom. The van der Waals surface area contributed by atoms with Crippen LogP contribution in [-0.2, 0) is 57.1 Å². The molecule has 18 heteroatoms. The molecule has 1 aromatic carbocycles. The van der Waals surface area contributed by atoms with Crippen LogP contribution < -0.4 is 5.32 Å². The second-order valence-electron chi connectivity index (χ2n) is 19.0. The SMILES string of the molecule is CC(=O)O/C1=C2\C(C)[C@@H](OC(=O)[C@H](O)[C@H](CC(C)C)NC(=O)OC(C)(C)C)[C@@H]3OC(=O)O[C@]3([C@@H](OC(=O)c3ccccc3)[C@@H]3[C@]4(OC(C)=O)CO[C@@H]4C[C@H](O)[C@@]3(C)C1=O)C2(C)C. The Kier molecular flexibility index (Phi) is 12.2. The van der Waals surface area contributed by atoms with E-state index in [-0.39, 0.29) is 36.5 Å². The van der Waals surface area contributed by atoms with Crippen LogP contribution in [0.25, 0.3) is 0 Å². The van der Waals surface area contributed by atoms with Gasteiger partial charge in [0, 0.05) is 31.6 Å². The van der Waals surface area contributed by atoms with Gasteiger partial charge in [-0.25, -0.2) is 19.2 Å². The highest BCUT2D eigenvalue weighted by Crippen LogP contribution is 2.67. The van der Waals surface area contributed by atoms with Gasteiger partial charge in [0.25, 0.3) is 0 Å². The third-order valence-corrected chi connectivity index (χ3v) is 12.9. The summed E-state index contributed by atoms with van der Waals surface area (Å²) >= 11 is 0. The highest BCUT2D eigenvalue weighted by molar-refractivity contribution is 6.02. The fourth-order valence-electron chi connectivity index (χ4n) is 10.4. The lowest BCUT2D eigenvalue weighted by Crippen LogP contribution is -2.82. The van der Waals surface area contributed by atoms with E-state index in [9.17, 15) is 39.0 Å². The van der Waals surface area contributed by atoms with Crippen molar-refractivity contribution < 1.29 is 81.7 Å². The van der Waals surface area contributed by atoms with Crippen LogP contribution in [0.5, 0.6) is 0 Å². The number of ketones is 1. The monoisotopic (exact) mass is 871 g/mol. The van der Waals surface area contributed by atoms with E-state index in [1.54, 1.807) is 66.7 Å². The van der Waals surface area contributed by atoms with E-state index >= 15 is 4.79 Å². The number of esters is 4. The molecule has 2 bridgehead atoms. The summed E-state index contributed by atoms with van der Waals surface area (Å²) in [5, 5.41) is 26.3. The van der Waals surface area contributed by atoms with E-state index in [2.05, 4.69) is 5.32 Å². The summed E-state index contributed by atoms with van der Waals surface area (Å²) < 4.78 is 48.1. The van der Waals surface area contributed by atoms with Gasteiger partial charge in [-0.2, -0.15) is 0 Å². The molecule has 2 saturated heterocycles. The predicted molar refractivity (Wildman–Crippen MR) is 211 cm³/mol. The zero-order valence-electron chi connectivity index (χ0n) is 36.8. The molecule has 0 radical (unpaired) electrons. The van der Waals surface area contributed by atoms with E-state index in [1.807, 2.05) is 0 Å². The maximum atomic E-state index is 15.6. The lowest BCUT2D eigenvalue weighted by atomic mass is 9.44. The molecule has 6 rings (SSSR count). The quantitative estimate of drug-likeness (QED) is 0.223. The van der Waals surface area contributed by atoms with Crippen molar-refractivity contribution in [1.29, 1.82) is 0 Å². The normalized spacial score (nSPS) is 35.4. The molecule has 0 aromatic heterocycles. The number of aliphatic hydroxyl groups excluding tert-OH is 2. The summed E-state index contributed by atoms with van der Waals surface area (Å²) in [5.41, 5.74) is -9.05. The molecule has 1 unspecified atom stereocenters. The number of fused-ring (bicyclic) bond motifs is 4. The number of hydrogen-bond acceptors (Lipinski definition) is 17. The predicted octanol–water partition coefficient (Wildman–Crippen LogP) is 3.86. The highest BCUT2D eigenvalue weighted by Gasteiger charge is 2.83. The van der Waals surface area contributed by atoms with Crippen LogP contribution in [0, 0.1) is 28.6 Å². The van der Waals surface area contributed by atoms with Crippen LogP contribution in [0.2, 0.25) is 0 Å². The van der Waals surface area contributed by atoms with Gasteiger partial charge in [-0.3, -0.25) is 14.4 Å². The van der Waals surface area contributed by atoms with Gasteiger partial charge in [0.05, 0.1) is 35.6 Å². The standard InChI is InChI=1S/C44H57NO17/c1-20(2)17-25(45-38(53)61-40(6,7)8)29(49)37(52)57-30-21(3)28-31(56-22(4)46)33(50)42(11)26(48)18-27-43(19-55-27,60-23(5)47)32(42)35(58-36(51)24-15-13-12-14-16-24)44(41(28,9)10)34(30)59-39(54)62-44/h12-16,20-21,25-27,29-30,32,34-35,48-49H,17-19H2,1-11H3,(H,45,53)/b31-28+/t21?,25-,26-,27+,29+,30+,32-,34-,35-,42+,43-,44+/m0/s1. The minimum absolute atomic E-state index is 0.0261. The van der Waals surface area contributed by atoms with E-state index < -0.39 is 130 Å². The van der Waals surface area contributed by atoms with E-state index in [0.717, 1.165) is 13.8 Å². The van der Waals surface area contributed by atoms with Crippen LogP contribution >= 0.6 is 0 Å². The first-order chi connectivity index (χ1) is 28.7. The number of allylic oxidation sites excluding steroid dienone is 1. The summed E-state index contributed by atoms with van der Waals surface area (Å²) in [4.78, 5) is 97.3. The van der Waals surface area contributed by atoms with Gasteiger partial charge in [-0.1, -0.05) is 52.8 Å². The van der Waals surface area contributed by atoms with E-state index in [4.69, 9.17) is 37.9 Å². The third kappa shape index (κ3) is 7.61. The third-order valence-electron chi connectivity index (χ3n) is 12.9. The number of alkyl carbamates (subject to hydrolysis) is 1. The molecule has 1 aromatic rings. The molecular formula is C44H57NO17. The summed E-state index contributed by atoms with van der Waals surface area (Å²) in [6.07, 6.45) is -12.5. The van der Waals surface area contributed by atoms with Crippen molar-refractivity contribution >= 4 is 41.9 Å². The molecule has 340 valence electrons. The molecule has 1 amide bonds. The minimum atomic E-state index is -2.36. The Bertz CT molecular complexity index is 2040. The number of nitrogens with one attached hydrogen (secondary N) is 1. The summed E-state index contributed by atoms with van der Waals surface area (Å²) in [6.45, 7) is 16.3. The molecule has 2 saturated carbocycles. The molecule has 5 aliphatic rings. The van der Waals surface area contributed by atoms with Crippen molar-refractivity contribution in [2.24, 2.45) is 28.6 Å². The molecule has 3 N–H and O–H groups in total. The molecule has 1 spiro atoms. The number of rotatable bonds is 10. The number of Topliss-reactive ketones (excluding diaryl/α,β-unsaturated/α-hetero) is 1. The molecule has 62 heavy (non-hydrogen) atoms. The van der Waals surface area contributed by atoms with Crippen LogP contribution in [0.3, 0.4) is 0 Å². The van der Waals surface area contributed by atoms with Crippen LogP contribution in [0.4, 0.5) is 9.59 Å². The maximum Gasteiger partial charge on any atom is 0.509 e. The fourth-order valence-corrected chi connectivity index (χ4v) is 10.4. The Morgan fingerprint density at radius 2 is 1.63 bits per heavy atom. The molecular weight excluding hydrogens is 814 g/mol. The van der Waals surface area contributed by atoms with Crippen molar-refractivity contribution in [1.82, 2.24) is 5.32 Å². The van der Waals surface area contributed by atoms with Gasteiger partial charge in [-0.15, -0.1) is 0 Å². The Morgan fingerprint density at radius 3 is 2.18 bits per heavy atom. The molecule has 2 aliphatic heterocycles. The van der Waals surface area contributed by atoms with Gasteiger partial charge >= 0.3 is 36.1 Å². The number of carbonyl (C=O) groups excluding carboxylic acids is 7. The van der Waals surface area contributed by atoms with Gasteiger partial charge in [-0.05, 0) is 57.7 Å². The Balaban J connectivity index is 1.61. The average molecular weight is 872 g/mol. The van der Waals surface area contributed by atoms with Crippen molar-refractivity contribution in [3.05, 3.63) is 47.2 Å². The number of aliphatic hydroxyl groups is 2. The smallest absolute Gasteiger partial charge is 0.456 e. The minimum Gasteiger partial charge on any atom is -0.456 e. The molecule has 3 aliphatic carbocycles. The van der Waals surface area contributed by atoms with Crippen molar-refractivity contribution in [2.45, 2.75) is 148 Å². The lowest BCUT2D eigenvalue weighted by molar-refractivity contribution is -0.345. The van der Waals surface area contributed by atoms with Crippen LogP contribution in [0.1, 0.15) is 99.4 Å². The van der Waals surface area contributed by atoms with Gasteiger partial charge in [0.1, 0.15) is 17.8 Å². The first-order valence-electron chi connectivity index (χ1n) is 20.7. The van der Waals surface area contributed by atoms with Gasteiger partial charge < -0.3 is 53.4 Å². The highest BCUT2D eigenvalue weighted by atomic mass is 16.8. The summed E-state index contributed by atoms with van der Waals surface area (Å²) in [6, 6.07) is 6.47. The molecule has 2 heterocycles. The second-order valence-corrected chi connectivity index (χ2v) is 19.0. The summed E-state index contributed by atoms with van der Waals surface area (Å²) in [7, 11) is 0. The molecule has 18 nitrogen and oxygen atoms in total. The Hall–Kier alpha value is -5.07. The van der Waals surface area contributed by atoms with Gasteiger partial charge in [0.15, 0.2) is 29.7 Å². The zero-order chi connectivity index (χ0) is 46.1. The maximum absolute atomic E-state index is 15.6. The fraction of sp³-hybridized carbons (Fsp3) is 0.659. The number of carbonyl (C=O) groups is 7. The van der Waals surface area contributed by atoms with Crippen molar-refractivity contribution in [3.63, 3.8) is 0 Å². The number of benzene rings is 1. The lowest BCUT2D eigenvalue weighted by Gasteiger charge is -2.67.